The van der Waals surface area contributed by atoms with E-state index in [1.165, 1.54) is 62.1 Å². The highest BCUT2D eigenvalue weighted by atomic mass is 14.5. The van der Waals surface area contributed by atoms with Crippen LogP contribution in [0.25, 0.3) is 28.0 Å². The Hall–Kier alpha value is -2.34. The van der Waals surface area contributed by atoms with Crippen molar-refractivity contribution in [2.24, 2.45) is 0 Å². The van der Waals surface area contributed by atoms with Crippen LogP contribution in [0.4, 0.5) is 0 Å². The van der Waals surface area contributed by atoms with Gasteiger partial charge < -0.3 is 0 Å². The molecule has 0 aliphatic heterocycles. The molecule has 0 radical (unpaired) electrons. The van der Waals surface area contributed by atoms with Gasteiger partial charge in [0.1, 0.15) is 0 Å². The van der Waals surface area contributed by atoms with E-state index in [9.17, 15) is 0 Å². The third-order valence-corrected chi connectivity index (χ3v) is 8.77. The molecule has 0 saturated heterocycles. The van der Waals surface area contributed by atoms with E-state index in [-0.39, 0.29) is 0 Å². The van der Waals surface area contributed by atoms with E-state index in [0.29, 0.717) is 5.41 Å². The van der Waals surface area contributed by atoms with Gasteiger partial charge in [0.15, 0.2) is 0 Å². The van der Waals surface area contributed by atoms with Gasteiger partial charge in [0.25, 0.3) is 0 Å². The van der Waals surface area contributed by atoms with Crippen molar-refractivity contribution >= 4 is 16.8 Å². The molecule has 4 aliphatic carbocycles. The summed E-state index contributed by atoms with van der Waals surface area (Å²) in [6.07, 6.45) is 15.3. The molecule has 1 spiro atoms. The van der Waals surface area contributed by atoms with Gasteiger partial charge in [-0.15, -0.1) is 0 Å². The topological polar surface area (TPSA) is 0 Å². The van der Waals surface area contributed by atoms with Crippen LogP contribution in [0.3, 0.4) is 0 Å². The third-order valence-electron chi connectivity index (χ3n) is 8.77. The van der Waals surface area contributed by atoms with Gasteiger partial charge in [-0.2, -0.15) is 0 Å². The number of rotatable bonds is 0. The van der Waals surface area contributed by atoms with E-state index in [4.69, 9.17) is 0 Å². The van der Waals surface area contributed by atoms with Crippen LogP contribution in [0.15, 0.2) is 30.3 Å². The SMILES string of the molecule is Cc1c2c(c3c4c1CCCC41CCCc4c1c-3c1ccccc1c4C)C=CCC2. The zero-order valence-corrected chi connectivity index (χ0v) is 17.6. The zero-order valence-electron chi connectivity index (χ0n) is 17.6. The van der Waals surface area contributed by atoms with Gasteiger partial charge in [0, 0.05) is 5.41 Å². The second-order valence-electron chi connectivity index (χ2n) is 9.88. The Morgan fingerprint density at radius 3 is 2.21 bits per heavy atom. The van der Waals surface area contributed by atoms with E-state index in [1.807, 2.05) is 0 Å². The Labute approximate surface area is 173 Å². The predicted molar refractivity (Wildman–Crippen MR) is 123 cm³/mol. The molecular weight excluding hydrogens is 348 g/mol. The number of aryl methyl sites for hydroxylation is 1. The highest BCUT2D eigenvalue weighted by Crippen LogP contribution is 2.64. The molecule has 0 bridgehead atoms. The maximum atomic E-state index is 2.47. The van der Waals surface area contributed by atoms with E-state index in [0.717, 1.165) is 0 Å². The molecule has 1 unspecified atom stereocenters. The molecule has 0 saturated carbocycles. The molecule has 144 valence electrons. The summed E-state index contributed by atoms with van der Waals surface area (Å²) >= 11 is 0. The Morgan fingerprint density at radius 1 is 0.724 bits per heavy atom. The highest BCUT2D eigenvalue weighted by Gasteiger charge is 2.51. The smallest absolute Gasteiger partial charge is 0.0221 e. The first kappa shape index (κ1) is 16.5. The fourth-order valence-corrected chi connectivity index (χ4v) is 7.69. The molecular formula is C29H28. The average Bonchev–Trinajstić information content (AvgIpc) is 3.08. The molecule has 0 fully saturated rings. The van der Waals surface area contributed by atoms with Crippen molar-refractivity contribution in [2.45, 2.75) is 70.6 Å². The molecule has 7 rings (SSSR count). The van der Waals surface area contributed by atoms with E-state index < -0.39 is 0 Å². The van der Waals surface area contributed by atoms with Gasteiger partial charge in [-0.05, 0) is 132 Å². The van der Waals surface area contributed by atoms with Crippen molar-refractivity contribution in [3.8, 4) is 11.1 Å². The lowest BCUT2D eigenvalue weighted by atomic mass is 9.61. The molecule has 3 aromatic carbocycles. The largest absolute Gasteiger partial charge is 0.0836 e. The van der Waals surface area contributed by atoms with Gasteiger partial charge in [-0.1, -0.05) is 36.4 Å². The van der Waals surface area contributed by atoms with Crippen molar-refractivity contribution in [1.29, 1.82) is 0 Å². The third kappa shape index (κ3) is 1.79. The van der Waals surface area contributed by atoms with Crippen LogP contribution in [0.1, 0.15) is 76.6 Å². The van der Waals surface area contributed by atoms with Gasteiger partial charge in [-0.25, -0.2) is 0 Å². The summed E-state index contributed by atoms with van der Waals surface area (Å²) in [7, 11) is 0. The van der Waals surface area contributed by atoms with Crippen molar-refractivity contribution in [1.82, 2.24) is 0 Å². The van der Waals surface area contributed by atoms with Crippen LogP contribution in [0.2, 0.25) is 0 Å². The summed E-state index contributed by atoms with van der Waals surface area (Å²) in [5.74, 6) is 0. The second-order valence-corrected chi connectivity index (χ2v) is 9.88. The van der Waals surface area contributed by atoms with Crippen molar-refractivity contribution in [3.63, 3.8) is 0 Å². The summed E-state index contributed by atoms with van der Waals surface area (Å²) in [6.45, 7) is 4.83. The minimum absolute atomic E-state index is 0.297. The summed E-state index contributed by atoms with van der Waals surface area (Å²) in [4.78, 5) is 0. The molecule has 0 heteroatoms. The van der Waals surface area contributed by atoms with Gasteiger partial charge >= 0.3 is 0 Å². The first-order valence-electron chi connectivity index (χ1n) is 11.6. The number of hydrogen-bond donors (Lipinski definition) is 0. The van der Waals surface area contributed by atoms with Crippen LogP contribution in [-0.2, 0) is 24.7 Å². The summed E-state index contributed by atoms with van der Waals surface area (Å²) in [5.41, 5.74) is 16.9. The fraction of sp³-hybridized carbons (Fsp3) is 0.379. The van der Waals surface area contributed by atoms with Crippen molar-refractivity contribution in [2.75, 3.05) is 0 Å². The number of benzene rings is 3. The van der Waals surface area contributed by atoms with Crippen LogP contribution >= 0.6 is 0 Å². The first-order valence-corrected chi connectivity index (χ1v) is 11.6. The van der Waals surface area contributed by atoms with Crippen molar-refractivity contribution < 1.29 is 0 Å². The van der Waals surface area contributed by atoms with Crippen LogP contribution < -0.4 is 0 Å². The van der Waals surface area contributed by atoms with Crippen LogP contribution in [0.5, 0.6) is 0 Å². The molecule has 0 amide bonds. The molecule has 0 aromatic heterocycles. The Kier molecular flexibility index (Phi) is 3.08. The van der Waals surface area contributed by atoms with E-state index in [1.54, 1.807) is 55.6 Å². The van der Waals surface area contributed by atoms with Crippen LogP contribution in [-0.4, -0.2) is 0 Å². The average molecular weight is 377 g/mol. The van der Waals surface area contributed by atoms with E-state index in [2.05, 4.69) is 50.3 Å². The Bertz CT molecular complexity index is 1270. The van der Waals surface area contributed by atoms with Crippen LogP contribution in [0, 0.1) is 13.8 Å². The molecule has 1 atom stereocenters. The van der Waals surface area contributed by atoms with Gasteiger partial charge in [0.05, 0.1) is 0 Å². The Balaban J connectivity index is 1.78. The molecule has 0 N–H and O–H groups in total. The zero-order chi connectivity index (χ0) is 19.3. The normalized spacial score (nSPS) is 23.1. The lowest BCUT2D eigenvalue weighted by Crippen LogP contribution is -2.34. The molecule has 3 aromatic rings. The molecule has 4 aliphatic rings. The van der Waals surface area contributed by atoms with Gasteiger partial charge in [0.2, 0.25) is 0 Å². The summed E-state index contributed by atoms with van der Waals surface area (Å²) in [5, 5.41) is 2.99. The highest BCUT2D eigenvalue weighted by molar-refractivity contribution is 6.08. The molecule has 29 heavy (non-hydrogen) atoms. The maximum absolute atomic E-state index is 2.47. The maximum Gasteiger partial charge on any atom is 0.0221 e. The fourth-order valence-electron chi connectivity index (χ4n) is 7.69. The number of fused-ring (bicyclic) bond motifs is 5. The lowest BCUT2D eigenvalue weighted by Gasteiger charge is -2.42. The van der Waals surface area contributed by atoms with Crippen molar-refractivity contribution in [3.05, 3.63) is 74.8 Å². The lowest BCUT2D eigenvalue weighted by molar-refractivity contribution is 0.376. The summed E-state index contributed by atoms with van der Waals surface area (Å²) in [6, 6.07) is 9.26. The number of hydrogen-bond acceptors (Lipinski definition) is 0. The monoisotopic (exact) mass is 376 g/mol. The second kappa shape index (κ2) is 5.42. The predicted octanol–water partition coefficient (Wildman–Crippen LogP) is 7.36. The summed E-state index contributed by atoms with van der Waals surface area (Å²) < 4.78 is 0. The minimum Gasteiger partial charge on any atom is -0.0836 e. The number of allylic oxidation sites excluding steroid dienone is 1. The molecule has 0 heterocycles. The Morgan fingerprint density at radius 2 is 1.41 bits per heavy atom. The van der Waals surface area contributed by atoms with Gasteiger partial charge in [-0.3, -0.25) is 0 Å². The quantitative estimate of drug-likeness (QED) is 0.384. The van der Waals surface area contributed by atoms with E-state index >= 15 is 0 Å². The minimum atomic E-state index is 0.297. The standard InChI is InChI=1S/C29H28/c1-17-19-9-3-5-11-23(19)25-26-24-12-6-4-10-20(24)18(2)22-14-8-16-29(28(22)26)15-7-13-21(17)27(25)29/h3,5-6,9,11-12H,4,7-8,10,13-16H2,1-2H3. The molecule has 0 nitrogen and oxygen atoms in total. The first-order chi connectivity index (χ1) is 14.2.